The highest BCUT2D eigenvalue weighted by molar-refractivity contribution is 7.91. The molecule has 1 N–H and O–H groups in total. The smallest absolute Gasteiger partial charge is 0.240 e. The summed E-state index contributed by atoms with van der Waals surface area (Å²) in [4.78, 5) is 0.0857. The lowest BCUT2D eigenvalue weighted by Gasteiger charge is -2.12. The van der Waals surface area contributed by atoms with Gasteiger partial charge in [-0.25, -0.2) is 21.6 Å². The highest BCUT2D eigenvalue weighted by Crippen LogP contribution is 2.32. The molecule has 23 heavy (non-hydrogen) atoms. The van der Waals surface area contributed by atoms with E-state index in [0.29, 0.717) is 31.1 Å². The Morgan fingerprint density at radius 3 is 2.61 bits per heavy atom. The second-order valence-corrected chi connectivity index (χ2v) is 9.78. The fourth-order valence-corrected chi connectivity index (χ4v) is 5.65. The second-order valence-electron chi connectivity index (χ2n) is 5.78. The summed E-state index contributed by atoms with van der Waals surface area (Å²) in [7, 11) is -6.73. The summed E-state index contributed by atoms with van der Waals surface area (Å²) in [5.41, 5.74) is 0. The molecule has 9 heteroatoms. The average Bonchev–Trinajstić information content (AvgIpc) is 2.71. The Morgan fingerprint density at radius 1 is 1.17 bits per heavy atom. The van der Waals surface area contributed by atoms with Crippen molar-refractivity contribution in [1.82, 2.24) is 4.72 Å². The molecule has 128 valence electrons. The Labute approximate surface area is 136 Å². The molecule has 0 radical (unpaired) electrons. The summed E-state index contributed by atoms with van der Waals surface area (Å²) >= 11 is 0. The van der Waals surface area contributed by atoms with E-state index >= 15 is 0 Å². The monoisotopic (exact) mass is 361 g/mol. The third-order valence-corrected chi connectivity index (χ3v) is 7.18. The molecule has 7 nitrogen and oxygen atoms in total. The van der Waals surface area contributed by atoms with Crippen LogP contribution in [0.4, 0.5) is 0 Å². The van der Waals surface area contributed by atoms with Gasteiger partial charge in [0.2, 0.25) is 10.0 Å². The van der Waals surface area contributed by atoms with E-state index in [1.54, 1.807) is 6.07 Å². The summed E-state index contributed by atoms with van der Waals surface area (Å²) in [6.07, 6.45) is 1.23. The van der Waals surface area contributed by atoms with Crippen LogP contribution in [-0.2, 0) is 19.9 Å². The van der Waals surface area contributed by atoms with Crippen LogP contribution in [0.5, 0.6) is 11.5 Å². The first-order valence-corrected chi connectivity index (χ1v) is 10.8. The van der Waals surface area contributed by atoms with Crippen LogP contribution in [-0.4, -0.2) is 48.1 Å². The maximum absolute atomic E-state index is 12.4. The van der Waals surface area contributed by atoms with Gasteiger partial charge in [-0.1, -0.05) is 0 Å². The first-order chi connectivity index (χ1) is 10.9. The van der Waals surface area contributed by atoms with Crippen molar-refractivity contribution in [1.29, 1.82) is 0 Å². The number of benzene rings is 1. The minimum absolute atomic E-state index is 0.0384. The average molecular weight is 361 g/mol. The standard InChI is InChI=1S/C14H19NO6S2/c16-22(17)7-4-11(10-22)9-15-23(18,19)12-2-3-13-14(8-12)21-6-1-5-20-13/h2-3,8,11,15H,1,4-7,9-10H2/t11-/m1/s1. The van der Waals surface area contributed by atoms with Crippen LogP contribution in [0.25, 0.3) is 0 Å². The van der Waals surface area contributed by atoms with Gasteiger partial charge in [-0.15, -0.1) is 0 Å². The highest BCUT2D eigenvalue weighted by atomic mass is 32.2. The summed E-state index contributed by atoms with van der Waals surface area (Å²) in [5.74, 6) is 0.937. The van der Waals surface area contributed by atoms with E-state index in [1.165, 1.54) is 12.1 Å². The lowest BCUT2D eigenvalue weighted by molar-refractivity contribution is 0.297. The summed E-state index contributed by atoms with van der Waals surface area (Å²) in [6, 6.07) is 4.48. The Kier molecular flexibility index (Phi) is 4.52. The molecule has 2 aliphatic rings. The van der Waals surface area contributed by atoms with Crippen molar-refractivity contribution in [2.45, 2.75) is 17.7 Å². The van der Waals surface area contributed by atoms with Crippen molar-refractivity contribution in [2.75, 3.05) is 31.3 Å². The molecule has 0 aromatic heterocycles. The predicted molar refractivity (Wildman–Crippen MR) is 84.0 cm³/mol. The Morgan fingerprint density at radius 2 is 1.91 bits per heavy atom. The molecule has 0 unspecified atom stereocenters. The van der Waals surface area contributed by atoms with Crippen molar-refractivity contribution >= 4 is 19.9 Å². The lowest BCUT2D eigenvalue weighted by Crippen LogP contribution is -2.30. The van der Waals surface area contributed by atoms with Crippen molar-refractivity contribution < 1.29 is 26.3 Å². The van der Waals surface area contributed by atoms with E-state index in [1.807, 2.05) is 0 Å². The normalized spacial score (nSPS) is 23.4. The van der Waals surface area contributed by atoms with Gasteiger partial charge in [-0.3, -0.25) is 0 Å². The molecule has 0 saturated carbocycles. The van der Waals surface area contributed by atoms with E-state index in [4.69, 9.17) is 9.47 Å². The SMILES string of the molecule is O=S1(=O)CC[C@H](CNS(=O)(=O)c2ccc3c(c2)OCCCO3)C1. The molecule has 1 atom stereocenters. The van der Waals surface area contributed by atoms with E-state index in [-0.39, 0.29) is 28.9 Å². The summed E-state index contributed by atoms with van der Waals surface area (Å²) < 4.78 is 61.0. The van der Waals surface area contributed by atoms with Gasteiger partial charge in [0.1, 0.15) is 0 Å². The molecule has 0 spiro atoms. The van der Waals surface area contributed by atoms with Crippen molar-refractivity contribution in [3.8, 4) is 11.5 Å². The first kappa shape index (κ1) is 16.5. The molecule has 0 aliphatic carbocycles. The van der Waals surface area contributed by atoms with Crippen LogP contribution < -0.4 is 14.2 Å². The van der Waals surface area contributed by atoms with Gasteiger partial charge in [0.15, 0.2) is 21.3 Å². The van der Waals surface area contributed by atoms with Crippen LogP contribution in [0.3, 0.4) is 0 Å². The van der Waals surface area contributed by atoms with Gasteiger partial charge in [0, 0.05) is 19.0 Å². The molecular weight excluding hydrogens is 342 g/mol. The molecule has 1 fully saturated rings. The Balaban J connectivity index is 1.71. The maximum atomic E-state index is 12.4. The van der Waals surface area contributed by atoms with Gasteiger partial charge >= 0.3 is 0 Å². The van der Waals surface area contributed by atoms with Crippen molar-refractivity contribution in [3.05, 3.63) is 18.2 Å². The molecule has 3 rings (SSSR count). The fraction of sp³-hybridized carbons (Fsp3) is 0.571. The predicted octanol–water partition coefficient (Wildman–Crippen LogP) is 0.561. The number of ether oxygens (including phenoxy) is 2. The molecule has 2 heterocycles. The Hall–Kier alpha value is -1.32. The molecule has 1 aromatic rings. The number of nitrogens with one attached hydrogen (secondary N) is 1. The van der Waals surface area contributed by atoms with Gasteiger partial charge in [0.05, 0.1) is 29.6 Å². The number of sulfonamides is 1. The number of fused-ring (bicyclic) bond motifs is 1. The third kappa shape index (κ3) is 3.96. The molecule has 1 saturated heterocycles. The molecule has 0 bridgehead atoms. The molecule has 1 aromatic carbocycles. The maximum Gasteiger partial charge on any atom is 0.240 e. The number of hydrogen-bond donors (Lipinski definition) is 1. The zero-order valence-corrected chi connectivity index (χ0v) is 14.2. The fourth-order valence-electron chi connectivity index (χ4n) is 2.65. The van der Waals surface area contributed by atoms with E-state index < -0.39 is 19.9 Å². The minimum Gasteiger partial charge on any atom is -0.490 e. The third-order valence-electron chi connectivity index (χ3n) is 3.92. The van der Waals surface area contributed by atoms with Gasteiger partial charge < -0.3 is 9.47 Å². The van der Waals surface area contributed by atoms with Crippen molar-refractivity contribution in [3.63, 3.8) is 0 Å². The second kappa shape index (κ2) is 6.29. The summed E-state index contributed by atoms with van der Waals surface area (Å²) in [5, 5.41) is 0. The molecular formula is C14H19NO6S2. The largest absolute Gasteiger partial charge is 0.490 e. The lowest BCUT2D eigenvalue weighted by atomic mass is 10.1. The van der Waals surface area contributed by atoms with Gasteiger partial charge in [0.25, 0.3) is 0 Å². The van der Waals surface area contributed by atoms with Crippen LogP contribution in [0.15, 0.2) is 23.1 Å². The Bertz CT molecular complexity index is 787. The van der Waals surface area contributed by atoms with E-state index in [0.717, 1.165) is 6.42 Å². The van der Waals surface area contributed by atoms with Crippen LogP contribution in [0, 0.1) is 5.92 Å². The highest BCUT2D eigenvalue weighted by Gasteiger charge is 2.29. The zero-order chi connectivity index (χ0) is 16.5. The summed E-state index contributed by atoms with van der Waals surface area (Å²) in [6.45, 7) is 1.13. The van der Waals surface area contributed by atoms with Gasteiger partial charge in [-0.2, -0.15) is 0 Å². The number of rotatable bonds is 4. The molecule has 2 aliphatic heterocycles. The number of sulfone groups is 1. The number of hydrogen-bond acceptors (Lipinski definition) is 6. The molecule has 0 amide bonds. The van der Waals surface area contributed by atoms with Gasteiger partial charge in [-0.05, 0) is 24.5 Å². The van der Waals surface area contributed by atoms with Crippen LogP contribution in [0.2, 0.25) is 0 Å². The quantitative estimate of drug-likeness (QED) is 0.841. The van der Waals surface area contributed by atoms with E-state index in [9.17, 15) is 16.8 Å². The van der Waals surface area contributed by atoms with E-state index in [2.05, 4.69) is 4.72 Å². The zero-order valence-electron chi connectivity index (χ0n) is 12.5. The topological polar surface area (TPSA) is 98.8 Å². The first-order valence-electron chi connectivity index (χ1n) is 7.45. The van der Waals surface area contributed by atoms with Crippen molar-refractivity contribution in [2.24, 2.45) is 5.92 Å². The minimum atomic E-state index is -3.71. The van der Waals surface area contributed by atoms with Crippen LogP contribution in [0.1, 0.15) is 12.8 Å². The van der Waals surface area contributed by atoms with Crippen LogP contribution >= 0.6 is 0 Å².